The predicted molar refractivity (Wildman–Crippen MR) is 104 cm³/mol. The first-order valence-electron chi connectivity index (χ1n) is 9.51. The lowest BCUT2D eigenvalue weighted by Crippen LogP contribution is -2.29. The molecular weight excluding hydrogens is 362 g/mol. The summed E-state index contributed by atoms with van der Waals surface area (Å²) in [6.45, 7) is 4.53. The van der Waals surface area contributed by atoms with Gasteiger partial charge in [0.1, 0.15) is 0 Å². The van der Waals surface area contributed by atoms with E-state index in [1.165, 1.54) is 24.1 Å². The van der Waals surface area contributed by atoms with Gasteiger partial charge in [-0.2, -0.15) is 5.10 Å². The molecule has 0 spiro atoms. The number of nitrogens with one attached hydrogen (secondary N) is 1. The minimum Gasteiger partial charge on any atom is -0.354 e. The molecule has 1 heterocycles. The molecule has 0 saturated heterocycles. The van der Waals surface area contributed by atoms with Gasteiger partial charge in [0, 0.05) is 12.2 Å². The zero-order chi connectivity index (χ0) is 19.4. The zero-order valence-electron chi connectivity index (χ0n) is 15.9. The summed E-state index contributed by atoms with van der Waals surface area (Å²) in [6, 6.07) is 6.57. The standard InChI is InChI=1S/C20H27N3O3S/c1-15(2)27(25,26)18-9-7-16(8-10-18)13-20(24)21-11-12-23-19-6-4-3-5-17(19)14-22-23/h7-10,14-15H,3-6,11-13H2,1-2H3,(H,21,24). The summed E-state index contributed by atoms with van der Waals surface area (Å²) in [5, 5.41) is 6.90. The minimum absolute atomic E-state index is 0.0736. The molecule has 0 unspecified atom stereocenters. The molecule has 1 aliphatic carbocycles. The molecule has 2 aromatic rings. The molecule has 1 N–H and O–H groups in total. The molecule has 1 amide bonds. The maximum Gasteiger partial charge on any atom is 0.224 e. The summed E-state index contributed by atoms with van der Waals surface area (Å²) < 4.78 is 26.3. The van der Waals surface area contributed by atoms with Crippen molar-refractivity contribution < 1.29 is 13.2 Å². The fraction of sp³-hybridized carbons (Fsp3) is 0.500. The highest BCUT2D eigenvalue weighted by atomic mass is 32.2. The lowest BCUT2D eigenvalue weighted by molar-refractivity contribution is -0.120. The molecule has 0 radical (unpaired) electrons. The highest BCUT2D eigenvalue weighted by molar-refractivity contribution is 7.92. The number of rotatable bonds is 7. The van der Waals surface area contributed by atoms with Gasteiger partial charge in [-0.1, -0.05) is 12.1 Å². The number of aryl methyl sites for hydroxylation is 1. The molecule has 0 bridgehead atoms. The van der Waals surface area contributed by atoms with Crippen molar-refractivity contribution in [2.24, 2.45) is 0 Å². The van der Waals surface area contributed by atoms with Crippen LogP contribution in [0.2, 0.25) is 0 Å². The van der Waals surface area contributed by atoms with Gasteiger partial charge >= 0.3 is 0 Å². The third-order valence-electron chi connectivity index (χ3n) is 5.03. The lowest BCUT2D eigenvalue weighted by atomic mass is 9.98. The number of amides is 1. The normalized spacial score (nSPS) is 14.2. The van der Waals surface area contributed by atoms with E-state index in [4.69, 9.17) is 0 Å². The number of fused-ring (bicyclic) bond motifs is 1. The van der Waals surface area contributed by atoms with Crippen LogP contribution in [-0.4, -0.2) is 35.9 Å². The van der Waals surface area contributed by atoms with E-state index in [2.05, 4.69) is 10.4 Å². The largest absolute Gasteiger partial charge is 0.354 e. The Morgan fingerprint density at radius 2 is 1.89 bits per heavy atom. The Hall–Kier alpha value is -2.15. The lowest BCUT2D eigenvalue weighted by Gasteiger charge is -2.14. The maximum absolute atomic E-state index is 12.2. The van der Waals surface area contributed by atoms with E-state index >= 15 is 0 Å². The van der Waals surface area contributed by atoms with Crippen molar-refractivity contribution in [2.75, 3.05) is 6.54 Å². The van der Waals surface area contributed by atoms with Crippen molar-refractivity contribution in [3.05, 3.63) is 47.3 Å². The number of hydrogen-bond acceptors (Lipinski definition) is 4. The molecule has 1 aromatic carbocycles. The van der Waals surface area contributed by atoms with Crippen molar-refractivity contribution in [2.45, 2.75) is 62.6 Å². The van der Waals surface area contributed by atoms with Crippen LogP contribution in [0.25, 0.3) is 0 Å². The van der Waals surface area contributed by atoms with Gasteiger partial charge in [0.15, 0.2) is 9.84 Å². The van der Waals surface area contributed by atoms with Gasteiger partial charge in [-0.05, 0) is 62.8 Å². The molecule has 0 saturated carbocycles. The number of hydrogen-bond donors (Lipinski definition) is 1. The number of benzene rings is 1. The van der Waals surface area contributed by atoms with E-state index in [1.807, 2.05) is 10.9 Å². The van der Waals surface area contributed by atoms with Gasteiger partial charge in [-0.15, -0.1) is 0 Å². The highest BCUT2D eigenvalue weighted by Gasteiger charge is 2.19. The second kappa shape index (κ2) is 8.25. The monoisotopic (exact) mass is 389 g/mol. The quantitative estimate of drug-likeness (QED) is 0.788. The fourth-order valence-corrected chi connectivity index (χ4v) is 4.43. The summed E-state index contributed by atoms with van der Waals surface area (Å²) in [5.41, 5.74) is 3.44. The van der Waals surface area contributed by atoms with E-state index in [1.54, 1.807) is 38.1 Å². The van der Waals surface area contributed by atoms with Gasteiger partial charge in [-0.3, -0.25) is 9.48 Å². The predicted octanol–water partition coefficient (Wildman–Crippen LogP) is 2.30. The minimum atomic E-state index is -3.28. The van der Waals surface area contributed by atoms with Gasteiger partial charge in [0.05, 0.1) is 29.3 Å². The number of carbonyl (C=O) groups is 1. The van der Waals surface area contributed by atoms with Crippen molar-refractivity contribution in [3.8, 4) is 0 Å². The zero-order valence-corrected chi connectivity index (χ0v) is 16.8. The molecule has 27 heavy (non-hydrogen) atoms. The van der Waals surface area contributed by atoms with Crippen molar-refractivity contribution in [3.63, 3.8) is 0 Å². The summed E-state index contributed by atoms with van der Waals surface area (Å²) in [6.07, 6.45) is 6.78. The molecule has 146 valence electrons. The van der Waals surface area contributed by atoms with Gasteiger partial charge in [0.2, 0.25) is 5.91 Å². The van der Waals surface area contributed by atoms with Crippen LogP contribution in [-0.2, 0) is 40.4 Å². The molecule has 0 atom stereocenters. The van der Waals surface area contributed by atoms with E-state index < -0.39 is 15.1 Å². The van der Waals surface area contributed by atoms with Gasteiger partial charge in [-0.25, -0.2) is 8.42 Å². The first-order valence-corrected chi connectivity index (χ1v) is 11.1. The van der Waals surface area contributed by atoms with Crippen molar-refractivity contribution in [1.29, 1.82) is 0 Å². The summed E-state index contributed by atoms with van der Waals surface area (Å²) in [4.78, 5) is 12.5. The second-order valence-corrected chi connectivity index (χ2v) is 9.82. The van der Waals surface area contributed by atoms with E-state index in [-0.39, 0.29) is 12.3 Å². The van der Waals surface area contributed by atoms with Gasteiger partial charge in [0.25, 0.3) is 0 Å². The van der Waals surface area contributed by atoms with Crippen LogP contribution < -0.4 is 5.32 Å². The maximum atomic E-state index is 12.2. The molecule has 0 fully saturated rings. The SMILES string of the molecule is CC(C)S(=O)(=O)c1ccc(CC(=O)NCCn2ncc3c2CCCC3)cc1. The van der Waals surface area contributed by atoms with Crippen LogP contribution in [0, 0.1) is 0 Å². The van der Waals surface area contributed by atoms with Crippen LogP contribution >= 0.6 is 0 Å². The Kier molecular flexibility index (Phi) is 5.99. The highest BCUT2D eigenvalue weighted by Crippen LogP contribution is 2.20. The Morgan fingerprint density at radius 1 is 1.19 bits per heavy atom. The van der Waals surface area contributed by atoms with Crippen LogP contribution in [0.5, 0.6) is 0 Å². The summed E-state index contributed by atoms with van der Waals surface area (Å²) in [7, 11) is -3.28. The topological polar surface area (TPSA) is 81.1 Å². The Labute approximate surface area is 160 Å². The van der Waals surface area contributed by atoms with Crippen LogP contribution in [0.3, 0.4) is 0 Å². The molecular formula is C20H27N3O3S. The average Bonchev–Trinajstić information content (AvgIpc) is 3.05. The third-order valence-corrected chi connectivity index (χ3v) is 7.20. The fourth-order valence-electron chi connectivity index (χ4n) is 3.37. The molecule has 3 rings (SSSR count). The number of nitrogens with zero attached hydrogens (tertiary/aromatic N) is 2. The van der Waals surface area contributed by atoms with E-state index in [0.29, 0.717) is 18.0 Å². The van der Waals surface area contributed by atoms with Crippen LogP contribution in [0.15, 0.2) is 35.4 Å². The van der Waals surface area contributed by atoms with Gasteiger partial charge < -0.3 is 5.32 Å². The number of aromatic nitrogens is 2. The second-order valence-electron chi connectivity index (χ2n) is 7.31. The molecule has 6 nitrogen and oxygen atoms in total. The molecule has 1 aromatic heterocycles. The number of carbonyl (C=O) groups excluding carboxylic acids is 1. The molecule has 0 aliphatic heterocycles. The smallest absolute Gasteiger partial charge is 0.224 e. The van der Waals surface area contributed by atoms with Crippen LogP contribution in [0.1, 0.15) is 43.5 Å². The molecule has 1 aliphatic rings. The number of sulfone groups is 1. The Balaban J connectivity index is 1.50. The average molecular weight is 390 g/mol. The van der Waals surface area contributed by atoms with E-state index in [9.17, 15) is 13.2 Å². The van der Waals surface area contributed by atoms with E-state index in [0.717, 1.165) is 18.4 Å². The van der Waals surface area contributed by atoms with Crippen molar-refractivity contribution >= 4 is 15.7 Å². The first kappa shape index (κ1) is 19.6. The molecule has 7 heteroatoms. The first-order chi connectivity index (χ1) is 12.9. The Morgan fingerprint density at radius 3 is 2.59 bits per heavy atom. The van der Waals surface area contributed by atoms with Crippen LogP contribution in [0.4, 0.5) is 0 Å². The Bertz CT molecular complexity index is 899. The van der Waals surface area contributed by atoms with Crippen molar-refractivity contribution in [1.82, 2.24) is 15.1 Å². The third kappa shape index (κ3) is 4.58. The summed E-state index contributed by atoms with van der Waals surface area (Å²) >= 11 is 0. The summed E-state index contributed by atoms with van der Waals surface area (Å²) in [5.74, 6) is -0.0736.